The summed E-state index contributed by atoms with van der Waals surface area (Å²) in [6.07, 6.45) is 15.5. The summed E-state index contributed by atoms with van der Waals surface area (Å²) < 4.78 is 5.55. The van der Waals surface area contributed by atoms with Crippen LogP contribution in [0.4, 0.5) is 9.59 Å². The van der Waals surface area contributed by atoms with E-state index in [0.29, 0.717) is 25.6 Å². The second-order valence-corrected chi connectivity index (χ2v) is 20.2. The topological polar surface area (TPSA) is 112 Å². The van der Waals surface area contributed by atoms with Gasteiger partial charge in [-0.1, -0.05) is 60.7 Å². The number of hydrogen-bond donors (Lipinski definition) is 3. The summed E-state index contributed by atoms with van der Waals surface area (Å²) in [5.41, 5.74) is 1.11. The average molecular weight is 813 g/mol. The number of nitrogens with zero attached hydrogens (tertiary/aromatic N) is 5. The first-order chi connectivity index (χ1) is 28.3. The molecule has 3 N–H and O–H groups in total. The Kier molecular flexibility index (Phi) is 11.9. The van der Waals surface area contributed by atoms with Gasteiger partial charge in [-0.25, -0.2) is 9.59 Å². The monoisotopic (exact) mass is 813 g/mol. The van der Waals surface area contributed by atoms with Crippen LogP contribution in [0.3, 0.4) is 0 Å². The average Bonchev–Trinajstić information content (AvgIpc) is 3.65. The summed E-state index contributed by atoms with van der Waals surface area (Å²) in [5, 5.41) is 24.7. The summed E-state index contributed by atoms with van der Waals surface area (Å²) in [6, 6.07) is 21.8. The summed E-state index contributed by atoms with van der Waals surface area (Å²) >= 11 is 0. The van der Waals surface area contributed by atoms with Gasteiger partial charge >= 0.3 is 12.1 Å². The Bertz CT molecular complexity index is 1740. The highest BCUT2D eigenvalue weighted by atomic mass is 16.5. The minimum atomic E-state index is -0.688. The molecule has 2 aromatic rings. The maximum Gasteiger partial charge on any atom is 0.320 e. The fourth-order valence-electron chi connectivity index (χ4n) is 12.1. The van der Waals surface area contributed by atoms with E-state index in [1.807, 2.05) is 4.90 Å². The van der Waals surface area contributed by atoms with Crippen molar-refractivity contribution in [3.8, 4) is 0 Å². The van der Waals surface area contributed by atoms with Gasteiger partial charge in [0, 0.05) is 43.9 Å². The standard InChI is InChI=1S/C27H41N3O3.C21H31N3O2/c1-28(2)27(23-7-4-3-5-8-23)15-13-25(14-16-27)20-29(19-22-9-17-33-18-10-22)24(31)30(25)21-26(32)11-6-12-26;1-23(2)21(17-7-4-3-5-8-17)13-11-19(12-14-21)15-22-18(25)24(19)16-20(26)9-6-10-20/h3-5,7-8,22,32H,6,9-21H2,1-2H3;3-5,7-8,26H,6,9-16H2,1-2H3,(H,22,25). The predicted molar refractivity (Wildman–Crippen MR) is 231 cm³/mol. The molecule has 4 aliphatic carbocycles. The Morgan fingerprint density at radius 3 is 1.54 bits per heavy atom. The van der Waals surface area contributed by atoms with Crippen molar-refractivity contribution in [3.63, 3.8) is 0 Å². The molecular weight excluding hydrogens is 741 g/mol. The van der Waals surface area contributed by atoms with Gasteiger partial charge in [-0.2, -0.15) is 0 Å². The highest BCUT2D eigenvalue weighted by molar-refractivity contribution is 5.79. The van der Waals surface area contributed by atoms with Gasteiger partial charge in [0.25, 0.3) is 0 Å². The van der Waals surface area contributed by atoms with E-state index < -0.39 is 11.2 Å². The van der Waals surface area contributed by atoms with Crippen LogP contribution < -0.4 is 5.32 Å². The second-order valence-electron chi connectivity index (χ2n) is 20.2. The van der Waals surface area contributed by atoms with E-state index in [-0.39, 0.29) is 34.2 Å². The minimum absolute atomic E-state index is 0.00221. The zero-order valence-corrected chi connectivity index (χ0v) is 36.5. The van der Waals surface area contributed by atoms with Gasteiger partial charge in [0.2, 0.25) is 0 Å². The van der Waals surface area contributed by atoms with Crippen LogP contribution in [0.5, 0.6) is 0 Å². The van der Waals surface area contributed by atoms with Crippen LogP contribution in [0.15, 0.2) is 60.7 Å². The number of carbonyl (C=O) groups is 2. The molecule has 0 unspecified atom stereocenters. The van der Waals surface area contributed by atoms with Crippen LogP contribution in [-0.2, 0) is 15.8 Å². The van der Waals surface area contributed by atoms with Crippen molar-refractivity contribution < 1.29 is 24.5 Å². The molecule has 11 nitrogen and oxygen atoms in total. The molecule has 4 amide bonds. The molecule has 0 atom stereocenters. The number of hydrogen-bond acceptors (Lipinski definition) is 7. The molecule has 0 aromatic heterocycles. The predicted octanol–water partition coefficient (Wildman–Crippen LogP) is 6.53. The second kappa shape index (κ2) is 16.6. The molecule has 4 saturated carbocycles. The fourth-order valence-corrected chi connectivity index (χ4v) is 12.1. The van der Waals surface area contributed by atoms with Crippen molar-refractivity contribution in [3.05, 3.63) is 71.8 Å². The van der Waals surface area contributed by atoms with Crippen molar-refractivity contribution in [2.45, 2.75) is 136 Å². The highest BCUT2D eigenvalue weighted by Gasteiger charge is 2.57. The fraction of sp³-hybridized carbons (Fsp3) is 0.708. The van der Waals surface area contributed by atoms with Crippen LogP contribution in [0.2, 0.25) is 0 Å². The smallest absolute Gasteiger partial charge is 0.320 e. The van der Waals surface area contributed by atoms with Crippen molar-refractivity contribution in [1.29, 1.82) is 0 Å². The van der Waals surface area contributed by atoms with Gasteiger partial charge in [-0.05, 0) is 148 Å². The number of urea groups is 2. The van der Waals surface area contributed by atoms with Gasteiger partial charge in [0.15, 0.2) is 0 Å². The van der Waals surface area contributed by atoms with E-state index in [1.165, 1.54) is 11.1 Å². The minimum Gasteiger partial charge on any atom is -0.388 e. The lowest BCUT2D eigenvalue weighted by Gasteiger charge is -2.52. The first kappa shape index (κ1) is 42.5. The molecule has 9 rings (SSSR count). The highest BCUT2D eigenvalue weighted by Crippen LogP contribution is 2.51. The molecule has 11 heteroatoms. The van der Waals surface area contributed by atoms with Crippen molar-refractivity contribution in [2.24, 2.45) is 5.92 Å². The largest absolute Gasteiger partial charge is 0.388 e. The Labute approximate surface area is 353 Å². The zero-order chi connectivity index (χ0) is 41.5. The molecule has 0 bridgehead atoms. The van der Waals surface area contributed by atoms with Gasteiger partial charge in [0.1, 0.15) is 0 Å². The normalized spacial score (nSPS) is 32.9. The van der Waals surface area contributed by atoms with E-state index >= 15 is 0 Å². The van der Waals surface area contributed by atoms with E-state index in [2.05, 4.69) is 114 Å². The van der Waals surface area contributed by atoms with Gasteiger partial charge in [-0.3, -0.25) is 9.80 Å². The molecule has 324 valence electrons. The number of ether oxygens (including phenoxy) is 1. The first-order valence-corrected chi connectivity index (χ1v) is 22.9. The maximum atomic E-state index is 13.7. The van der Waals surface area contributed by atoms with Crippen LogP contribution in [0.1, 0.15) is 114 Å². The quantitative estimate of drug-likeness (QED) is 0.250. The number of carbonyl (C=O) groups excluding carboxylic acids is 2. The van der Waals surface area contributed by atoms with Crippen LogP contribution in [0.25, 0.3) is 0 Å². The lowest BCUT2D eigenvalue weighted by molar-refractivity contribution is -0.0726. The van der Waals surface area contributed by atoms with Gasteiger partial charge in [-0.15, -0.1) is 0 Å². The Balaban J connectivity index is 0.000000169. The van der Waals surface area contributed by atoms with Gasteiger partial charge < -0.3 is 35.0 Å². The summed E-state index contributed by atoms with van der Waals surface area (Å²) in [7, 11) is 8.71. The molecule has 3 aliphatic heterocycles. The lowest BCUT2D eigenvalue weighted by atomic mass is 9.67. The van der Waals surface area contributed by atoms with Crippen LogP contribution >= 0.6 is 0 Å². The van der Waals surface area contributed by atoms with E-state index in [4.69, 9.17) is 4.74 Å². The molecule has 2 aromatic carbocycles. The molecule has 59 heavy (non-hydrogen) atoms. The van der Waals surface area contributed by atoms with Crippen molar-refractivity contribution in [1.82, 2.24) is 29.8 Å². The molecule has 7 aliphatic rings. The van der Waals surface area contributed by atoms with Crippen molar-refractivity contribution >= 4 is 12.1 Å². The third kappa shape index (κ3) is 8.04. The number of rotatable bonds is 10. The Morgan fingerprint density at radius 1 is 0.644 bits per heavy atom. The first-order valence-electron chi connectivity index (χ1n) is 22.9. The molecule has 3 saturated heterocycles. The third-order valence-corrected chi connectivity index (χ3v) is 16.6. The Hall–Kier alpha value is -3.22. The molecule has 2 spiro atoms. The summed E-state index contributed by atoms with van der Waals surface area (Å²) in [4.78, 5) is 37.2. The summed E-state index contributed by atoms with van der Waals surface area (Å²) in [6.45, 7) is 4.94. The summed E-state index contributed by atoms with van der Waals surface area (Å²) in [5.74, 6) is 0.528. The van der Waals surface area contributed by atoms with Crippen molar-refractivity contribution in [2.75, 3.05) is 74.1 Å². The Morgan fingerprint density at radius 2 is 1.10 bits per heavy atom. The number of aliphatic hydroxyl groups is 2. The zero-order valence-electron chi connectivity index (χ0n) is 36.5. The molecule has 3 heterocycles. The molecule has 0 radical (unpaired) electrons. The van der Waals surface area contributed by atoms with Crippen LogP contribution in [-0.4, -0.2) is 143 Å². The number of amides is 4. The van der Waals surface area contributed by atoms with E-state index in [9.17, 15) is 19.8 Å². The number of nitrogens with one attached hydrogen (secondary N) is 1. The van der Waals surface area contributed by atoms with E-state index in [1.54, 1.807) is 0 Å². The van der Waals surface area contributed by atoms with Gasteiger partial charge in [0.05, 0.1) is 35.4 Å². The number of β-amino-alcohol motifs (C(OH)–C–C–N with tert-alkyl or cyclic N) is 2. The third-order valence-electron chi connectivity index (χ3n) is 16.6. The molecule has 7 fully saturated rings. The van der Waals surface area contributed by atoms with E-state index in [0.717, 1.165) is 129 Å². The lowest BCUT2D eigenvalue weighted by Crippen LogP contribution is -2.59. The maximum absolute atomic E-state index is 13.7. The SMILES string of the molecule is CN(C)C1(c2ccccc2)CCC2(CC1)CN(CC1CCOCC1)C(=O)N2CC1(O)CCC1.CN(C)C1(c2ccccc2)CCC2(CC1)CNC(=O)N2CC1(O)CCC1. The molecular formula is C48H72N6O5. The van der Waals surface area contributed by atoms with Crippen LogP contribution in [0, 0.1) is 5.92 Å². The number of benzene rings is 2.